The molecule has 1 heterocycles. The molecule has 10 heteroatoms. The highest BCUT2D eigenvalue weighted by Crippen LogP contribution is 2.36. The van der Waals surface area contributed by atoms with Gasteiger partial charge in [-0.05, 0) is 55.4 Å². The standard InChI is InChI=1S/C21H21ClF3N5S/c1-26-7-8-30(2)19-9-13(23)3-5-17(19)28-18-11-16(25)20(10-15(18)22)31-29-21-6-4-14(24)12-27-21/h3-6,9-12,26,28H,7-8H2,1-2H3,(H,27,29). The number of nitrogens with zero attached hydrogens (tertiary/aromatic N) is 2. The lowest BCUT2D eigenvalue weighted by Gasteiger charge is -2.23. The second-order valence-electron chi connectivity index (χ2n) is 6.64. The Balaban J connectivity index is 1.78. The minimum Gasteiger partial charge on any atom is -0.372 e. The van der Waals surface area contributed by atoms with Gasteiger partial charge in [-0.25, -0.2) is 18.2 Å². The van der Waals surface area contributed by atoms with Crippen molar-refractivity contribution < 1.29 is 13.2 Å². The minimum absolute atomic E-state index is 0.243. The molecular weight excluding hydrogens is 447 g/mol. The maximum Gasteiger partial charge on any atom is 0.141 e. The summed E-state index contributed by atoms with van der Waals surface area (Å²) < 4.78 is 44.3. The predicted octanol–water partition coefficient (Wildman–Crippen LogP) is 5.67. The maximum atomic E-state index is 14.7. The molecule has 0 fully saturated rings. The first-order valence-corrected chi connectivity index (χ1v) is 10.5. The smallest absolute Gasteiger partial charge is 0.141 e. The van der Waals surface area contributed by atoms with Gasteiger partial charge in [0, 0.05) is 26.2 Å². The van der Waals surface area contributed by atoms with Gasteiger partial charge < -0.3 is 20.3 Å². The van der Waals surface area contributed by atoms with Gasteiger partial charge in [0.2, 0.25) is 0 Å². The van der Waals surface area contributed by atoms with E-state index in [1.807, 2.05) is 19.0 Å². The minimum atomic E-state index is -0.515. The Morgan fingerprint density at radius 3 is 2.52 bits per heavy atom. The van der Waals surface area contributed by atoms with Crippen LogP contribution in [0.3, 0.4) is 0 Å². The number of likely N-dealkylation sites (N-methyl/N-ethyl adjacent to an activating group) is 2. The second kappa shape index (κ2) is 10.6. The van der Waals surface area contributed by atoms with Gasteiger partial charge in [-0.2, -0.15) is 0 Å². The number of benzene rings is 2. The number of nitrogens with one attached hydrogen (secondary N) is 3. The molecule has 0 atom stereocenters. The molecule has 0 unspecified atom stereocenters. The molecule has 164 valence electrons. The number of pyridine rings is 1. The Hall–Kier alpha value is -2.62. The third-order valence-electron chi connectivity index (χ3n) is 4.35. The quantitative estimate of drug-likeness (QED) is 0.352. The van der Waals surface area contributed by atoms with Crippen LogP contribution in [0.25, 0.3) is 0 Å². The first-order valence-electron chi connectivity index (χ1n) is 9.33. The van der Waals surface area contributed by atoms with E-state index in [0.717, 1.165) is 18.1 Å². The van der Waals surface area contributed by atoms with E-state index >= 15 is 0 Å². The van der Waals surface area contributed by atoms with Gasteiger partial charge in [0.25, 0.3) is 0 Å². The van der Waals surface area contributed by atoms with Crippen LogP contribution in [0.4, 0.5) is 36.1 Å². The molecule has 0 spiro atoms. The fourth-order valence-electron chi connectivity index (χ4n) is 2.72. The molecule has 0 aliphatic heterocycles. The molecule has 3 rings (SSSR count). The lowest BCUT2D eigenvalue weighted by molar-refractivity contribution is 0.603. The Bertz CT molecular complexity index is 1040. The third kappa shape index (κ3) is 6.19. The van der Waals surface area contributed by atoms with Gasteiger partial charge in [0.1, 0.15) is 23.3 Å². The zero-order valence-electron chi connectivity index (χ0n) is 16.8. The first-order chi connectivity index (χ1) is 14.9. The Kier molecular flexibility index (Phi) is 7.89. The molecular formula is C21H21ClF3N5S. The van der Waals surface area contributed by atoms with Crippen molar-refractivity contribution in [1.82, 2.24) is 10.3 Å². The lowest BCUT2D eigenvalue weighted by Crippen LogP contribution is -2.27. The number of hydrogen-bond acceptors (Lipinski definition) is 6. The van der Waals surface area contributed by atoms with Crippen molar-refractivity contribution in [2.75, 3.05) is 42.1 Å². The number of halogens is 4. The molecule has 3 aromatic rings. The largest absolute Gasteiger partial charge is 0.372 e. The van der Waals surface area contributed by atoms with Crippen molar-refractivity contribution in [1.29, 1.82) is 0 Å². The van der Waals surface area contributed by atoms with Crippen LogP contribution >= 0.6 is 23.5 Å². The molecule has 0 saturated carbocycles. The van der Waals surface area contributed by atoms with Crippen molar-refractivity contribution in [3.8, 4) is 0 Å². The van der Waals surface area contributed by atoms with E-state index in [9.17, 15) is 13.2 Å². The highest BCUT2D eigenvalue weighted by atomic mass is 35.5. The van der Waals surface area contributed by atoms with E-state index in [4.69, 9.17) is 11.6 Å². The molecule has 5 nitrogen and oxygen atoms in total. The molecule has 0 aliphatic rings. The van der Waals surface area contributed by atoms with Gasteiger partial charge in [-0.3, -0.25) is 0 Å². The lowest BCUT2D eigenvalue weighted by atomic mass is 10.2. The SMILES string of the molecule is CNCCN(C)c1cc(F)ccc1Nc1cc(F)c(SNc2ccc(F)cn2)cc1Cl. The van der Waals surface area contributed by atoms with Crippen LogP contribution in [0.5, 0.6) is 0 Å². The fraction of sp³-hybridized carbons (Fsp3) is 0.190. The average molecular weight is 468 g/mol. The number of rotatable bonds is 9. The van der Waals surface area contributed by atoms with Crippen LogP contribution in [0.2, 0.25) is 5.02 Å². The summed E-state index contributed by atoms with van der Waals surface area (Å²) in [5, 5.41) is 6.42. The van der Waals surface area contributed by atoms with Crippen LogP contribution in [-0.4, -0.2) is 32.2 Å². The zero-order valence-corrected chi connectivity index (χ0v) is 18.4. The highest BCUT2D eigenvalue weighted by Gasteiger charge is 2.14. The van der Waals surface area contributed by atoms with Gasteiger partial charge in [0.05, 0.1) is 33.2 Å². The summed E-state index contributed by atoms with van der Waals surface area (Å²) >= 11 is 7.33. The molecule has 0 bridgehead atoms. The molecule has 2 aromatic carbocycles. The average Bonchev–Trinajstić information content (AvgIpc) is 2.75. The van der Waals surface area contributed by atoms with Crippen LogP contribution in [0.15, 0.2) is 53.6 Å². The van der Waals surface area contributed by atoms with E-state index in [0.29, 0.717) is 36.0 Å². The topological polar surface area (TPSA) is 52.2 Å². The van der Waals surface area contributed by atoms with Crippen molar-refractivity contribution in [3.63, 3.8) is 0 Å². The summed E-state index contributed by atoms with van der Waals surface area (Å²) in [6.07, 6.45) is 1.06. The van der Waals surface area contributed by atoms with E-state index < -0.39 is 11.6 Å². The van der Waals surface area contributed by atoms with E-state index in [-0.39, 0.29) is 15.7 Å². The van der Waals surface area contributed by atoms with Crippen LogP contribution < -0.4 is 20.3 Å². The van der Waals surface area contributed by atoms with E-state index in [1.54, 1.807) is 6.07 Å². The molecule has 0 radical (unpaired) electrons. The van der Waals surface area contributed by atoms with E-state index in [1.165, 1.54) is 36.4 Å². The predicted molar refractivity (Wildman–Crippen MR) is 122 cm³/mol. The fourth-order valence-corrected chi connectivity index (χ4v) is 3.66. The number of hydrogen-bond donors (Lipinski definition) is 3. The van der Waals surface area contributed by atoms with Gasteiger partial charge in [-0.15, -0.1) is 0 Å². The summed E-state index contributed by atoms with van der Waals surface area (Å²) in [5.74, 6) is -0.971. The third-order valence-corrected chi connectivity index (χ3v) is 5.51. The summed E-state index contributed by atoms with van der Waals surface area (Å²) in [4.78, 5) is 5.99. The summed E-state index contributed by atoms with van der Waals surface area (Å²) in [6, 6.07) is 9.75. The summed E-state index contributed by atoms with van der Waals surface area (Å²) in [7, 11) is 3.68. The summed E-state index contributed by atoms with van der Waals surface area (Å²) in [6.45, 7) is 1.36. The monoisotopic (exact) mass is 467 g/mol. The number of aromatic nitrogens is 1. The maximum absolute atomic E-state index is 14.7. The van der Waals surface area contributed by atoms with Crippen LogP contribution in [-0.2, 0) is 0 Å². The molecule has 0 saturated heterocycles. The normalized spacial score (nSPS) is 10.8. The molecule has 0 aliphatic carbocycles. The van der Waals surface area contributed by atoms with Gasteiger partial charge >= 0.3 is 0 Å². The highest BCUT2D eigenvalue weighted by molar-refractivity contribution is 8.00. The Morgan fingerprint density at radius 2 is 1.81 bits per heavy atom. The molecule has 3 N–H and O–H groups in total. The second-order valence-corrected chi connectivity index (χ2v) is 7.90. The molecule has 1 aromatic heterocycles. The Morgan fingerprint density at radius 1 is 1.03 bits per heavy atom. The van der Waals surface area contributed by atoms with Crippen molar-refractivity contribution >= 4 is 46.4 Å². The van der Waals surface area contributed by atoms with Crippen molar-refractivity contribution in [2.45, 2.75) is 4.90 Å². The number of anilines is 4. The van der Waals surface area contributed by atoms with Crippen molar-refractivity contribution in [2.24, 2.45) is 0 Å². The van der Waals surface area contributed by atoms with Crippen LogP contribution in [0, 0.1) is 17.5 Å². The zero-order chi connectivity index (χ0) is 22.4. The van der Waals surface area contributed by atoms with E-state index in [2.05, 4.69) is 20.3 Å². The van der Waals surface area contributed by atoms with Crippen LogP contribution in [0.1, 0.15) is 0 Å². The first kappa shape index (κ1) is 23.1. The van der Waals surface area contributed by atoms with Gasteiger partial charge in [0.15, 0.2) is 0 Å². The molecule has 0 amide bonds. The van der Waals surface area contributed by atoms with Crippen molar-refractivity contribution in [3.05, 3.63) is 71.1 Å². The molecule has 31 heavy (non-hydrogen) atoms. The van der Waals surface area contributed by atoms with Gasteiger partial charge in [-0.1, -0.05) is 11.6 Å². The Labute approximate surface area is 188 Å². The summed E-state index contributed by atoms with van der Waals surface area (Å²) in [5.41, 5.74) is 1.56.